The van der Waals surface area contributed by atoms with Gasteiger partial charge < -0.3 is 15.1 Å². The standard InChI is InChI=1S/C16H29N3O2/c1-6-13-15(20)17-14(10(2)3)16(21)19(13)12-7-8-18(5)11(4)9-12/h10-14H,6-9H2,1-5H3,(H,17,20). The zero-order valence-electron chi connectivity index (χ0n) is 13.9. The van der Waals surface area contributed by atoms with E-state index in [1.54, 1.807) is 0 Å². The first-order valence-electron chi connectivity index (χ1n) is 8.19. The molecule has 0 radical (unpaired) electrons. The quantitative estimate of drug-likeness (QED) is 0.852. The number of hydrogen-bond donors (Lipinski definition) is 1. The van der Waals surface area contributed by atoms with Crippen molar-refractivity contribution in [3.8, 4) is 0 Å². The van der Waals surface area contributed by atoms with Crippen molar-refractivity contribution in [2.75, 3.05) is 13.6 Å². The molecule has 1 N–H and O–H groups in total. The number of piperidine rings is 1. The second-order valence-corrected chi connectivity index (χ2v) is 6.91. The highest BCUT2D eigenvalue weighted by Gasteiger charge is 2.44. The monoisotopic (exact) mass is 295 g/mol. The number of rotatable bonds is 3. The minimum absolute atomic E-state index is 0.0161. The Bertz CT molecular complexity index is 410. The maximum absolute atomic E-state index is 12.9. The van der Waals surface area contributed by atoms with Crippen LogP contribution in [0.3, 0.4) is 0 Å². The average Bonchev–Trinajstić information content (AvgIpc) is 2.43. The third-order valence-electron chi connectivity index (χ3n) is 5.08. The number of carbonyl (C=O) groups is 2. The van der Waals surface area contributed by atoms with Crippen molar-refractivity contribution in [3.05, 3.63) is 0 Å². The number of hydrogen-bond acceptors (Lipinski definition) is 3. The molecular formula is C16H29N3O2. The average molecular weight is 295 g/mol. The Morgan fingerprint density at radius 1 is 1.33 bits per heavy atom. The molecule has 0 aromatic carbocycles. The molecule has 21 heavy (non-hydrogen) atoms. The van der Waals surface area contributed by atoms with Crippen molar-refractivity contribution in [1.29, 1.82) is 0 Å². The van der Waals surface area contributed by atoms with Gasteiger partial charge in [-0.05, 0) is 39.2 Å². The van der Waals surface area contributed by atoms with Crippen LogP contribution in [0, 0.1) is 5.92 Å². The molecule has 2 aliphatic heterocycles. The van der Waals surface area contributed by atoms with Crippen LogP contribution in [0.5, 0.6) is 0 Å². The Morgan fingerprint density at radius 2 is 2.00 bits per heavy atom. The maximum atomic E-state index is 12.9. The SMILES string of the molecule is CCC1C(=O)NC(C(C)C)C(=O)N1C1CCN(C)C(C)C1. The number of nitrogens with zero attached hydrogens (tertiary/aromatic N) is 2. The van der Waals surface area contributed by atoms with Gasteiger partial charge in [-0.2, -0.15) is 0 Å². The van der Waals surface area contributed by atoms with E-state index in [0.29, 0.717) is 12.5 Å². The van der Waals surface area contributed by atoms with Gasteiger partial charge in [-0.3, -0.25) is 9.59 Å². The molecule has 0 aromatic rings. The van der Waals surface area contributed by atoms with Crippen LogP contribution in [-0.2, 0) is 9.59 Å². The number of carbonyl (C=O) groups excluding carboxylic acids is 2. The molecule has 2 aliphatic rings. The molecule has 2 saturated heterocycles. The van der Waals surface area contributed by atoms with E-state index in [-0.39, 0.29) is 35.9 Å². The van der Waals surface area contributed by atoms with Crippen molar-refractivity contribution < 1.29 is 9.59 Å². The molecule has 2 fully saturated rings. The molecule has 0 spiro atoms. The molecule has 0 saturated carbocycles. The highest BCUT2D eigenvalue weighted by atomic mass is 16.2. The summed E-state index contributed by atoms with van der Waals surface area (Å²) in [6.07, 6.45) is 2.60. The first-order valence-corrected chi connectivity index (χ1v) is 8.19. The van der Waals surface area contributed by atoms with E-state index in [9.17, 15) is 9.59 Å². The highest BCUT2D eigenvalue weighted by Crippen LogP contribution is 2.27. The summed E-state index contributed by atoms with van der Waals surface area (Å²) in [4.78, 5) is 29.5. The second kappa shape index (κ2) is 6.34. The third kappa shape index (κ3) is 3.07. The smallest absolute Gasteiger partial charge is 0.246 e. The fourth-order valence-corrected chi connectivity index (χ4v) is 3.54. The number of likely N-dealkylation sites (tertiary alicyclic amines) is 1. The van der Waals surface area contributed by atoms with Crippen LogP contribution in [0.4, 0.5) is 0 Å². The van der Waals surface area contributed by atoms with Gasteiger partial charge in [0.2, 0.25) is 11.8 Å². The summed E-state index contributed by atoms with van der Waals surface area (Å²) in [5.41, 5.74) is 0. The number of piperazine rings is 1. The van der Waals surface area contributed by atoms with Gasteiger partial charge in [0.05, 0.1) is 0 Å². The molecule has 5 heteroatoms. The molecular weight excluding hydrogens is 266 g/mol. The van der Waals surface area contributed by atoms with Gasteiger partial charge in [0.15, 0.2) is 0 Å². The van der Waals surface area contributed by atoms with Crippen LogP contribution in [0.1, 0.15) is 47.0 Å². The van der Waals surface area contributed by atoms with Gasteiger partial charge >= 0.3 is 0 Å². The third-order valence-corrected chi connectivity index (χ3v) is 5.08. The molecule has 120 valence electrons. The van der Waals surface area contributed by atoms with E-state index in [0.717, 1.165) is 19.4 Å². The van der Waals surface area contributed by atoms with E-state index in [1.165, 1.54) is 0 Å². The summed E-state index contributed by atoms with van der Waals surface area (Å²) >= 11 is 0. The summed E-state index contributed by atoms with van der Waals surface area (Å²) < 4.78 is 0. The largest absolute Gasteiger partial charge is 0.342 e. The Hall–Kier alpha value is -1.10. The summed E-state index contributed by atoms with van der Waals surface area (Å²) in [6, 6.07) is -0.0131. The molecule has 4 unspecified atom stereocenters. The van der Waals surface area contributed by atoms with E-state index >= 15 is 0 Å². The Kier molecular flexibility index (Phi) is 4.91. The first-order chi connectivity index (χ1) is 9.86. The Morgan fingerprint density at radius 3 is 2.52 bits per heavy atom. The van der Waals surface area contributed by atoms with E-state index < -0.39 is 0 Å². The van der Waals surface area contributed by atoms with Crippen molar-refractivity contribution in [1.82, 2.24) is 15.1 Å². The lowest BCUT2D eigenvalue weighted by molar-refractivity contribution is -0.155. The zero-order valence-corrected chi connectivity index (χ0v) is 13.9. The second-order valence-electron chi connectivity index (χ2n) is 6.91. The van der Waals surface area contributed by atoms with Crippen LogP contribution in [0.15, 0.2) is 0 Å². The Balaban J connectivity index is 2.23. The number of nitrogens with one attached hydrogen (secondary N) is 1. The number of amides is 2. The minimum Gasteiger partial charge on any atom is -0.342 e. The summed E-state index contributed by atoms with van der Waals surface area (Å²) in [5.74, 6) is 0.256. The topological polar surface area (TPSA) is 52.7 Å². The van der Waals surface area contributed by atoms with Crippen molar-refractivity contribution in [2.45, 2.75) is 71.1 Å². The van der Waals surface area contributed by atoms with Gasteiger partial charge in [0, 0.05) is 18.6 Å². The van der Waals surface area contributed by atoms with Gasteiger partial charge in [-0.15, -0.1) is 0 Å². The van der Waals surface area contributed by atoms with Crippen LogP contribution in [0.25, 0.3) is 0 Å². The van der Waals surface area contributed by atoms with Crippen molar-refractivity contribution >= 4 is 11.8 Å². The fraction of sp³-hybridized carbons (Fsp3) is 0.875. The van der Waals surface area contributed by atoms with Crippen LogP contribution in [-0.4, -0.2) is 59.4 Å². The molecule has 4 atom stereocenters. The molecule has 2 rings (SSSR count). The summed E-state index contributed by atoms with van der Waals surface area (Å²) in [7, 11) is 2.12. The molecule has 2 amide bonds. The molecule has 0 aromatic heterocycles. The van der Waals surface area contributed by atoms with Crippen molar-refractivity contribution in [3.63, 3.8) is 0 Å². The summed E-state index contributed by atoms with van der Waals surface area (Å²) in [6.45, 7) is 9.15. The van der Waals surface area contributed by atoms with Crippen LogP contribution >= 0.6 is 0 Å². The van der Waals surface area contributed by atoms with Gasteiger partial charge in [0.25, 0.3) is 0 Å². The Labute approximate surface area is 128 Å². The molecule has 0 aliphatic carbocycles. The normalized spacial score (nSPS) is 35.2. The van der Waals surface area contributed by atoms with Crippen LogP contribution in [0.2, 0.25) is 0 Å². The molecule has 0 bridgehead atoms. The zero-order chi connectivity index (χ0) is 15.7. The predicted molar refractivity (Wildman–Crippen MR) is 82.8 cm³/mol. The molecule has 5 nitrogen and oxygen atoms in total. The fourth-order valence-electron chi connectivity index (χ4n) is 3.54. The summed E-state index contributed by atoms with van der Waals surface area (Å²) in [5, 5.41) is 2.92. The van der Waals surface area contributed by atoms with E-state index in [1.807, 2.05) is 25.7 Å². The van der Waals surface area contributed by atoms with E-state index in [4.69, 9.17) is 0 Å². The van der Waals surface area contributed by atoms with Gasteiger partial charge in [-0.25, -0.2) is 0 Å². The lowest BCUT2D eigenvalue weighted by Crippen LogP contribution is -2.68. The lowest BCUT2D eigenvalue weighted by atomic mass is 9.90. The lowest BCUT2D eigenvalue weighted by Gasteiger charge is -2.47. The predicted octanol–water partition coefficient (Wildman–Crippen LogP) is 1.23. The van der Waals surface area contributed by atoms with Gasteiger partial charge in [0.1, 0.15) is 12.1 Å². The molecule has 2 heterocycles. The first kappa shape index (κ1) is 16.3. The maximum Gasteiger partial charge on any atom is 0.246 e. The van der Waals surface area contributed by atoms with Crippen molar-refractivity contribution in [2.24, 2.45) is 5.92 Å². The minimum atomic E-state index is -0.365. The van der Waals surface area contributed by atoms with E-state index in [2.05, 4.69) is 24.2 Å². The van der Waals surface area contributed by atoms with Gasteiger partial charge in [-0.1, -0.05) is 20.8 Å². The highest BCUT2D eigenvalue weighted by molar-refractivity contribution is 5.97. The van der Waals surface area contributed by atoms with Crippen LogP contribution < -0.4 is 5.32 Å².